The number of hydrogen-bond acceptors (Lipinski definition) is 10. The van der Waals surface area contributed by atoms with Crippen LogP contribution in [0.15, 0.2) is 102 Å². The summed E-state index contributed by atoms with van der Waals surface area (Å²) >= 11 is 5.82. The standard InChI is InChI=1S/C29H22ClN3O8/c30-22-16-31-33(29(37)32-22)25-24(41-28(36)20-14-8-3-9-15-20)23(40-27(35)19-12-6-2-7-13-19)21(39-25)17-38-26(34)18-10-4-1-5-11-18/h1-16,21,23-25H,17H2. The molecule has 1 aromatic heterocycles. The van der Waals surface area contributed by atoms with Gasteiger partial charge in [0.25, 0.3) is 0 Å². The van der Waals surface area contributed by atoms with Gasteiger partial charge in [-0.2, -0.15) is 14.8 Å². The number of carbonyl (C=O) groups excluding carboxylic acids is 3. The number of esters is 3. The molecule has 4 unspecified atom stereocenters. The van der Waals surface area contributed by atoms with Crippen LogP contribution in [0.2, 0.25) is 5.15 Å². The molecular weight excluding hydrogens is 554 g/mol. The summed E-state index contributed by atoms with van der Waals surface area (Å²) in [7, 11) is 0. The third kappa shape index (κ3) is 6.48. The molecule has 2 heterocycles. The monoisotopic (exact) mass is 575 g/mol. The summed E-state index contributed by atoms with van der Waals surface area (Å²) in [5, 5.41) is 3.82. The summed E-state index contributed by atoms with van der Waals surface area (Å²) < 4.78 is 23.9. The van der Waals surface area contributed by atoms with Crippen molar-refractivity contribution in [3.05, 3.63) is 130 Å². The molecule has 0 saturated carbocycles. The van der Waals surface area contributed by atoms with Gasteiger partial charge in [-0.1, -0.05) is 66.2 Å². The molecule has 1 aliphatic heterocycles. The van der Waals surface area contributed by atoms with Crippen molar-refractivity contribution in [2.75, 3.05) is 6.61 Å². The van der Waals surface area contributed by atoms with E-state index < -0.39 is 54.7 Å². The Hall–Kier alpha value is -4.87. The third-order valence-corrected chi connectivity index (χ3v) is 6.29. The Morgan fingerprint density at radius 3 is 1.76 bits per heavy atom. The smallest absolute Gasteiger partial charge is 0.367 e. The van der Waals surface area contributed by atoms with Crippen LogP contribution in [0.4, 0.5) is 0 Å². The van der Waals surface area contributed by atoms with Crippen LogP contribution >= 0.6 is 11.6 Å². The maximum absolute atomic E-state index is 13.1. The Balaban J connectivity index is 1.49. The summed E-state index contributed by atoms with van der Waals surface area (Å²) in [6.45, 7) is -0.411. The zero-order chi connectivity index (χ0) is 28.8. The SMILES string of the molecule is O=C(OCC1OC(n2ncc(Cl)nc2=O)C(OC(=O)c2ccccc2)C1OC(=O)c1ccccc1)c1ccccc1. The quantitative estimate of drug-likeness (QED) is 0.227. The highest BCUT2D eigenvalue weighted by molar-refractivity contribution is 6.29. The van der Waals surface area contributed by atoms with E-state index in [4.69, 9.17) is 30.5 Å². The second-order valence-electron chi connectivity index (χ2n) is 8.81. The molecule has 0 amide bonds. The predicted molar refractivity (Wildman–Crippen MR) is 143 cm³/mol. The Kier molecular flexibility index (Phi) is 8.47. The van der Waals surface area contributed by atoms with Crippen molar-refractivity contribution in [1.29, 1.82) is 0 Å². The van der Waals surface area contributed by atoms with Gasteiger partial charge < -0.3 is 18.9 Å². The average molecular weight is 576 g/mol. The van der Waals surface area contributed by atoms with Crippen LogP contribution in [0.1, 0.15) is 37.3 Å². The Morgan fingerprint density at radius 1 is 0.756 bits per heavy atom. The fourth-order valence-electron chi connectivity index (χ4n) is 4.16. The fraction of sp³-hybridized carbons (Fsp3) is 0.172. The first-order chi connectivity index (χ1) is 19.9. The van der Waals surface area contributed by atoms with Crippen molar-refractivity contribution >= 4 is 29.5 Å². The maximum atomic E-state index is 13.1. The van der Waals surface area contributed by atoms with E-state index in [9.17, 15) is 19.2 Å². The van der Waals surface area contributed by atoms with Crippen molar-refractivity contribution in [2.45, 2.75) is 24.5 Å². The summed E-state index contributed by atoms with van der Waals surface area (Å²) in [5.41, 5.74) is -0.203. The first-order valence-electron chi connectivity index (χ1n) is 12.4. The van der Waals surface area contributed by atoms with Gasteiger partial charge in [-0.25, -0.2) is 19.2 Å². The molecule has 1 saturated heterocycles. The number of nitrogens with zero attached hydrogens (tertiary/aromatic N) is 3. The van der Waals surface area contributed by atoms with Gasteiger partial charge in [0.15, 0.2) is 23.6 Å². The Bertz CT molecular complexity index is 1580. The van der Waals surface area contributed by atoms with E-state index >= 15 is 0 Å². The number of halogens is 1. The molecule has 4 aromatic rings. The van der Waals surface area contributed by atoms with Gasteiger partial charge in [-0.05, 0) is 36.4 Å². The fourth-order valence-corrected chi connectivity index (χ4v) is 4.28. The lowest BCUT2D eigenvalue weighted by atomic mass is 10.1. The predicted octanol–water partition coefficient (Wildman–Crippen LogP) is 3.50. The largest absolute Gasteiger partial charge is 0.459 e. The number of ether oxygens (including phenoxy) is 4. The molecule has 3 aromatic carbocycles. The minimum Gasteiger partial charge on any atom is -0.459 e. The van der Waals surface area contributed by atoms with Crippen molar-refractivity contribution < 1.29 is 33.3 Å². The molecular formula is C29H22ClN3O8. The average Bonchev–Trinajstić information content (AvgIpc) is 3.33. The van der Waals surface area contributed by atoms with Crippen molar-refractivity contribution in [3.63, 3.8) is 0 Å². The van der Waals surface area contributed by atoms with Crippen LogP contribution in [0.25, 0.3) is 0 Å². The number of benzene rings is 3. The van der Waals surface area contributed by atoms with Crippen LogP contribution in [0, 0.1) is 0 Å². The van der Waals surface area contributed by atoms with E-state index in [0.29, 0.717) is 0 Å². The molecule has 0 bridgehead atoms. The van der Waals surface area contributed by atoms with E-state index in [1.54, 1.807) is 78.9 Å². The van der Waals surface area contributed by atoms with Gasteiger partial charge in [0.1, 0.15) is 12.7 Å². The van der Waals surface area contributed by atoms with E-state index in [2.05, 4.69) is 10.1 Å². The Labute approximate surface area is 238 Å². The molecule has 11 nitrogen and oxygen atoms in total. The van der Waals surface area contributed by atoms with Crippen LogP contribution in [-0.4, -0.2) is 57.6 Å². The number of carbonyl (C=O) groups is 3. The van der Waals surface area contributed by atoms with E-state index in [1.165, 1.54) is 12.1 Å². The van der Waals surface area contributed by atoms with Crippen molar-refractivity contribution in [1.82, 2.24) is 14.8 Å². The summed E-state index contributed by atoms with van der Waals surface area (Å²) in [6.07, 6.45) is -4.19. The molecule has 41 heavy (non-hydrogen) atoms. The summed E-state index contributed by atoms with van der Waals surface area (Å²) in [5.74, 6) is -2.19. The number of hydrogen-bond donors (Lipinski definition) is 0. The van der Waals surface area contributed by atoms with Gasteiger partial charge in [-0.3, -0.25) is 0 Å². The molecule has 0 aliphatic carbocycles. The highest BCUT2D eigenvalue weighted by Gasteiger charge is 2.52. The van der Waals surface area contributed by atoms with Crippen LogP contribution in [0.3, 0.4) is 0 Å². The first kappa shape index (κ1) is 27.7. The van der Waals surface area contributed by atoms with Crippen molar-refractivity contribution in [2.24, 2.45) is 0 Å². The molecule has 4 atom stereocenters. The lowest BCUT2D eigenvalue weighted by Gasteiger charge is -2.24. The normalized spacial score (nSPS) is 19.7. The number of rotatable bonds is 8. The highest BCUT2D eigenvalue weighted by atomic mass is 35.5. The van der Waals surface area contributed by atoms with E-state index in [0.717, 1.165) is 10.9 Å². The maximum Gasteiger partial charge on any atom is 0.367 e. The minimum absolute atomic E-state index is 0.164. The lowest BCUT2D eigenvalue weighted by Crippen LogP contribution is -2.43. The third-order valence-electron chi connectivity index (χ3n) is 6.11. The molecule has 0 radical (unpaired) electrons. The second kappa shape index (κ2) is 12.5. The van der Waals surface area contributed by atoms with Gasteiger partial charge in [-0.15, -0.1) is 0 Å². The molecule has 1 fully saturated rings. The van der Waals surface area contributed by atoms with Crippen LogP contribution < -0.4 is 5.69 Å². The zero-order valence-electron chi connectivity index (χ0n) is 21.2. The zero-order valence-corrected chi connectivity index (χ0v) is 22.0. The minimum atomic E-state index is -1.41. The van der Waals surface area contributed by atoms with Gasteiger partial charge in [0.05, 0.1) is 22.9 Å². The van der Waals surface area contributed by atoms with E-state index in [-0.39, 0.29) is 21.8 Å². The molecule has 0 N–H and O–H groups in total. The summed E-state index contributed by atoms with van der Waals surface area (Å²) in [6, 6.07) is 24.4. The van der Waals surface area contributed by atoms with Crippen LogP contribution in [-0.2, 0) is 18.9 Å². The van der Waals surface area contributed by atoms with Gasteiger partial charge in [0.2, 0.25) is 0 Å². The Morgan fingerprint density at radius 2 is 1.24 bits per heavy atom. The first-order valence-corrected chi connectivity index (χ1v) is 12.8. The molecule has 5 rings (SSSR count). The molecule has 0 spiro atoms. The summed E-state index contributed by atoms with van der Waals surface area (Å²) in [4.78, 5) is 55.3. The van der Waals surface area contributed by atoms with Gasteiger partial charge in [0, 0.05) is 0 Å². The van der Waals surface area contributed by atoms with E-state index in [1.807, 2.05) is 0 Å². The van der Waals surface area contributed by atoms with Crippen LogP contribution in [0.5, 0.6) is 0 Å². The lowest BCUT2D eigenvalue weighted by molar-refractivity contribution is -0.0698. The highest BCUT2D eigenvalue weighted by Crippen LogP contribution is 2.34. The number of aromatic nitrogens is 3. The molecule has 208 valence electrons. The van der Waals surface area contributed by atoms with Crippen molar-refractivity contribution in [3.8, 4) is 0 Å². The topological polar surface area (TPSA) is 136 Å². The molecule has 12 heteroatoms. The van der Waals surface area contributed by atoms with Gasteiger partial charge >= 0.3 is 23.6 Å². The second-order valence-corrected chi connectivity index (χ2v) is 9.19. The molecule has 1 aliphatic rings.